The molecule has 5 nitrogen and oxygen atoms in total. The summed E-state index contributed by atoms with van der Waals surface area (Å²) in [5.41, 5.74) is 7.97. The minimum Gasteiger partial charge on any atom is -0.423 e. The smallest absolute Gasteiger partial charge is 0.298 e. The summed E-state index contributed by atoms with van der Waals surface area (Å²) in [6.45, 7) is 2.36. The van der Waals surface area contributed by atoms with Gasteiger partial charge in [0.25, 0.3) is 6.01 Å². The first-order valence-corrected chi connectivity index (χ1v) is 6.67. The van der Waals surface area contributed by atoms with E-state index >= 15 is 0 Å². The Bertz CT molecular complexity index is 563. The van der Waals surface area contributed by atoms with Crippen LogP contribution in [0.2, 0.25) is 0 Å². The molecule has 19 heavy (non-hydrogen) atoms. The van der Waals surface area contributed by atoms with Crippen molar-refractivity contribution in [2.24, 2.45) is 5.92 Å². The van der Waals surface area contributed by atoms with E-state index < -0.39 is 0 Å². The number of likely N-dealkylation sites (N-methyl/N-ethyl adjacent to an activating group) is 1. The highest BCUT2D eigenvalue weighted by Crippen LogP contribution is 2.28. The summed E-state index contributed by atoms with van der Waals surface area (Å²) >= 11 is 0. The molecule has 0 aliphatic heterocycles. The second kappa shape index (κ2) is 5.09. The van der Waals surface area contributed by atoms with E-state index in [1.807, 2.05) is 30.1 Å². The molecule has 1 saturated carbocycles. The van der Waals surface area contributed by atoms with Crippen LogP contribution in [0.1, 0.15) is 12.8 Å². The maximum atomic E-state index is 5.73. The summed E-state index contributed by atoms with van der Waals surface area (Å²) in [4.78, 5) is 6.38. The molecule has 1 heterocycles. The van der Waals surface area contributed by atoms with Crippen molar-refractivity contribution < 1.29 is 9.15 Å². The van der Waals surface area contributed by atoms with Gasteiger partial charge in [0.1, 0.15) is 5.52 Å². The van der Waals surface area contributed by atoms with Crippen molar-refractivity contribution in [1.82, 2.24) is 4.98 Å². The minimum absolute atomic E-state index is 0.607. The molecule has 1 aromatic carbocycles. The zero-order valence-electron chi connectivity index (χ0n) is 11.1. The Kier molecular flexibility index (Phi) is 3.29. The number of nitrogen functional groups attached to an aromatic ring is 1. The SMILES string of the molecule is CN(CCOCC1CC1)c1nc2cc(N)ccc2o1. The third kappa shape index (κ3) is 2.98. The quantitative estimate of drug-likeness (QED) is 0.638. The first kappa shape index (κ1) is 12.3. The molecule has 2 N–H and O–H groups in total. The number of oxazole rings is 1. The average Bonchev–Trinajstić information content (AvgIpc) is 3.12. The molecule has 0 saturated heterocycles. The van der Waals surface area contributed by atoms with Gasteiger partial charge in [-0.15, -0.1) is 0 Å². The maximum Gasteiger partial charge on any atom is 0.298 e. The van der Waals surface area contributed by atoms with E-state index in [-0.39, 0.29) is 0 Å². The fourth-order valence-corrected chi connectivity index (χ4v) is 1.93. The molecule has 0 radical (unpaired) electrons. The van der Waals surface area contributed by atoms with Gasteiger partial charge in [0.15, 0.2) is 5.58 Å². The van der Waals surface area contributed by atoms with Gasteiger partial charge in [0.2, 0.25) is 0 Å². The van der Waals surface area contributed by atoms with Gasteiger partial charge in [-0.05, 0) is 37.0 Å². The molecule has 0 amide bonds. The van der Waals surface area contributed by atoms with Gasteiger partial charge in [-0.3, -0.25) is 0 Å². The molecule has 1 aliphatic rings. The Labute approximate surface area is 112 Å². The third-order valence-corrected chi connectivity index (χ3v) is 3.35. The topological polar surface area (TPSA) is 64.5 Å². The Balaban J connectivity index is 1.58. The van der Waals surface area contributed by atoms with Gasteiger partial charge in [-0.2, -0.15) is 4.98 Å². The van der Waals surface area contributed by atoms with Crippen LogP contribution < -0.4 is 10.6 Å². The van der Waals surface area contributed by atoms with E-state index in [4.69, 9.17) is 14.9 Å². The summed E-state index contributed by atoms with van der Waals surface area (Å²) in [6, 6.07) is 6.09. The van der Waals surface area contributed by atoms with Crippen LogP contribution >= 0.6 is 0 Å². The fourth-order valence-electron chi connectivity index (χ4n) is 1.93. The summed E-state index contributed by atoms with van der Waals surface area (Å²) in [5.74, 6) is 0.803. The maximum absolute atomic E-state index is 5.73. The van der Waals surface area contributed by atoms with Crippen LogP contribution in [0.15, 0.2) is 22.6 Å². The number of rotatable bonds is 6. The van der Waals surface area contributed by atoms with Crippen molar-refractivity contribution in [2.75, 3.05) is 37.4 Å². The average molecular weight is 261 g/mol. The minimum atomic E-state index is 0.607. The van der Waals surface area contributed by atoms with Gasteiger partial charge in [-0.1, -0.05) is 0 Å². The van der Waals surface area contributed by atoms with Crippen molar-refractivity contribution in [3.63, 3.8) is 0 Å². The molecule has 0 unspecified atom stereocenters. The van der Waals surface area contributed by atoms with Crippen molar-refractivity contribution in [2.45, 2.75) is 12.8 Å². The number of anilines is 2. The Hall–Kier alpha value is -1.75. The number of hydrogen-bond acceptors (Lipinski definition) is 5. The lowest BCUT2D eigenvalue weighted by Gasteiger charge is -2.13. The number of fused-ring (bicyclic) bond motifs is 1. The second-order valence-corrected chi connectivity index (χ2v) is 5.16. The number of nitrogens with two attached hydrogens (primary N) is 1. The zero-order valence-corrected chi connectivity index (χ0v) is 11.1. The van der Waals surface area contributed by atoms with Crippen LogP contribution in [-0.4, -0.2) is 31.8 Å². The first-order valence-electron chi connectivity index (χ1n) is 6.67. The largest absolute Gasteiger partial charge is 0.423 e. The number of nitrogens with zero attached hydrogens (tertiary/aromatic N) is 2. The summed E-state index contributed by atoms with van der Waals surface area (Å²) < 4.78 is 11.3. The molecule has 3 rings (SSSR count). The molecular formula is C14H19N3O2. The van der Waals surface area contributed by atoms with Crippen LogP contribution in [0.25, 0.3) is 11.1 Å². The van der Waals surface area contributed by atoms with Crippen LogP contribution in [0, 0.1) is 5.92 Å². The second-order valence-electron chi connectivity index (χ2n) is 5.16. The van der Waals surface area contributed by atoms with Gasteiger partial charge in [0.05, 0.1) is 6.61 Å². The van der Waals surface area contributed by atoms with Gasteiger partial charge in [0, 0.05) is 25.9 Å². The Morgan fingerprint density at radius 2 is 2.32 bits per heavy atom. The lowest BCUT2D eigenvalue weighted by molar-refractivity contribution is 0.130. The van der Waals surface area contributed by atoms with E-state index in [2.05, 4.69) is 4.98 Å². The van der Waals surface area contributed by atoms with Crippen LogP contribution in [0.3, 0.4) is 0 Å². The lowest BCUT2D eigenvalue weighted by atomic mass is 10.3. The highest BCUT2D eigenvalue weighted by Gasteiger charge is 2.21. The van der Waals surface area contributed by atoms with E-state index in [9.17, 15) is 0 Å². The van der Waals surface area contributed by atoms with Gasteiger partial charge >= 0.3 is 0 Å². The Morgan fingerprint density at radius 1 is 1.47 bits per heavy atom. The summed E-state index contributed by atoms with van der Waals surface area (Å²) in [7, 11) is 1.95. The molecule has 0 atom stereocenters. The normalized spacial score (nSPS) is 15.0. The molecule has 0 spiro atoms. The predicted molar refractivity (Wildman–Crippen MR) is 75.2 cm³/mol. The van der Waals surface area contributed by atoms with E-state index in [1.165, 1.54) is 12.8 Å². The van der Waals surface area contributed by atoms with Gasteiger partial charge < -0.3 is 19.8 Å². The van der Waals surface area contributed by atoms with Crippen molar-refractivity contribution in [3.8, 4) is 0 Å². The van der Waals surface area contributed by atoms with Crippen LogP contribution in [0.5, 0.6) is 0 Å². The first-order chi connectivity index (χ1) is 9.22. The summed E-state index contributed by atoms with van der Waals surface area (Å²) in [6.07, 6.45) is 2.64. The number of aromatic nitrogens is 1. The van der Waals surface area contributed by atoms with Crippen molar-refractivity contribution >= 4 is 22.8 Å². The molecule has 2 aromatic rings. The summed E-state index contributed by atoms with van der Waals surface area (Å²) in [5, 5.41) is 0. The van der Waals surface area contributed by atoms with Crippen LogP contribution in [-0.2, 0) is 4.74 Å². The predicted octanol–water partition coefficient (Wildman–Crippen LogP) is 2.27. The monoisotopic (exact) mass is 261 g/mol. The molecule has 5 heteroatoms. The van der Waals surface area contributed by atoms with E-state index in [0.717, 1.165) is 30.2 Å². The number of ether oxygens (including phenoxy) is 1. The van der Waals surface area contributed by atoms with Gasteiger partial charge in [-0.25, -0.2) is 0 Å². The van der Waals surface area contributed by atoms with Crippen molar-refractivity contribution in [3.05, 3.63) is 18.2 Å². The molecule has 102 valence electrons. The zero-order chi connectivity index (χ0) is 13.2. The number of benzene rings is 1. The molecule has 1 fully saturated rings. The molecule has 1 aromatic heterocycles. The Morgan fingerprint density at radius 3 is 3.11 bits per heavy atom. The lowest BCUT2D eigenvalue weighted by Crippen LogP contribution is -2.23. The number of hydrogen-bond donors (Lipinski definition) is 1. The highest BCUT2D eigenvalue weighted by atomic mass is 16.5. The van der Waals surface area contributed by atoms with E-state index in [1.54, 1.807) is 0 Å². The molecule has 0 bridgehead atoms. The standard InChI is InChI=1S/C14H19N3O2/c1-17(6-7-18-9-10-2-3-10)14-16-12-8-11(15)4-5-13(12)19-14/h4-5,8,10H,2-3,6-7,9,15H2,1H3. The molecule has 1 aliphatic carbocycles. The fraction of sp³-hybridized carbons (Fsp3) is 0.500. The van der Waals surface area contributed by atoms with Crippen LogP contribution in [0.4, 0.5) is 11.7 Å². The van der Waals surface area contributed by atoms with E-state index in [0.29, 0.717) is 18.3 Å². The molecular weight excluding hydrogens is 242 g/mol. The highest BCUT2D eigenvalue weighted by molar-refractivity contribution is 5.78. The third-order valence-electron chi connectivity index (χ3n) is 3.35. The van der Waals surface area contributed by atoms with Crippen molar-refractivity contribution in [1.29, 1.82) is 0 Å².